The van der Waals surface area contributed by atoms with E-state index in [4.69, 9.17) is 23.7 Å². The first kappa shape index (κ1) is 18.5. The minimum absolute atomic E-state index is 0.0457. The highest BCUT2D eigenvalue weighted by Gasteiger charge is 2.56. The number of ether oxygens (including phenoxy) is 5. The van der Waals surface area contributed by atoms with Gasteiger partial charge < -0.3 is 23.7 Å². The van der Waals surface area contributed by atoms with Crippen LogP contribution in [0.25, 0.3) is 0 Å². The van der Waals surface area contributed by atoms with Crippen molar-refractivity contribution in [3.05, 3.63) is 70.8 Å². The summed E-state index contributed by atoms with van der Waals surface area (Å²) in [6.07, 6.45) is 0. The molecule has 0 N–H and O–H groups in total. The molecule has 0 spiro atoms. The number of hydrogen-bond donors (Lipinski definition) is 0. The van der Waals surface area contributed by atoms with E-state index in [0.717, 1.165) is 14.2 Å². The minimum atomic E-state index is -1.73. The molecule has 148 valence electrons. The molecule has 0 bridgehead atoms. The molecule has 2 aromatic carbocycles. The second kappa shape index (κ2) is 6.97. The third-order valence-electron chi connectivity index (χ3n) is 4.79. The number of hydrogen-bond acceptors (Lipinski definition) is 8. The molecule has 0 amide bonds. The Labute approximate surface area is 165 Å². The summed E-state index contributed by atoms with van der Waals surface area (Å²) in [6.45, 7) is 0.0457. The maximum absolute atomic E-state index is 12.8. The molecule has 1 atom stereocenters. The predicted octanol–water partition coefficient (Wildman–Crippen LogP) is 1.86. The highest BCUT2D eigenvalue weighted by Crippen LogP contribution is 2.49. The van der Waals surface area contributed by atoms with Gasteiger partial charge in [0.1, 0.15) is 5.57 Å². The second-order valence-electron chi connectivity index (χ2n) is 6.24. The standard InChI is InChI=1S/C21H16O8/c1-25-18(22)16-17(20(24)26-2)21(29-19(16)23,12-6-4-3-5-7-12)13-8-9-14-15(10-13)28-11-27-14/h3-10H,11H2,1-2H3. The van der Waals surface area contributed by atoms with Gasteiger partial charge in [-0.25, -0.2) is 14.4 Å². The van der Waals surface area contributed by atoms with E-state index >= 15 is 0 Å². The van der Waals surface area contributed by atoms with E-state index < -0.39 is 29.1 Å². The van der Waals surface area contributed by atoms with Crippen LogP contribution in [-0.4, -0.2) is 38.9 Å². The van der Waals surface area contributed by atoms with E-state index in [-0.39, 0.29) is 12.4 Å². The van der Waals surface area contributed by atoms with E-state index in [9.17, 15) is 14.4 Å². The van der Waals surface area contributed by atoms with Crippen molar-refractivity contribution in [1.82, 2.24) is 0 Å². The minimum Gasteiger partial charge on any atom is -0.466 e. The first-order valence-corrected chi connectivity index (χ1v) is 8.63. The topological polar surface area (TPSA) is 97.4 Å². The fourth-order valence-electron chi connectivity index (χ4n) is 3.52. The molecule has 8 nitrogen and oxygen atoms in total. The van der Waals surface area contributed by atoms with Crippen LogP contribution in [0.5, 0.6) is 11.5 Å². The summed E-state index contributed by atoms with van der Waals surface area (Å²) in [5, 5.41) is 0. The number of methoxy groups -OCH3 is 2. The Morgan fingerprint density at radius 1 is 0.897 bits per heavy atom. The number of benzene rings is 2. The maximum Gasteiger partial charge on any atom is 0.347 e. The van der Waals surface area contributed by atoms with Crippen molar-refractivity contribution >= 4 is 17.9 Å². The van der Waals surface area contributed by atoms with Crippen LogP contribution in [0.2, 0.25) is 0 Å². The fraction of sp³-hybridized carbons (Fsp3) is 0.190. The van der Waals surface area contributed by atoms with Crippen molar-refractivity contribution in [3.63, 3.8) is 0 Å². The molecule has 4 rings (SSSR count). The average Bonchev–Trinajstić information content (AvgIpc) is 3.35. The second-order valence-corrected chi connectivity index (χ2v) is 6.24. The van der Waals surface area contributed by atoms with Crippen LogP contribution in [0.3, 0.4) is 0 Å². The van der Waals surface area contributed by atoms with Gasteiger partial charge >= 0.3 is 17.9 Å². The van der Waals surface area contributed by atoms with Gasteiger partial charge in [0.2, 0.25) is 6.79 Å². The van der Waals surface area contributed by atoms with E-state index in [1.54, 1.807) is 48.5 Å². The number of fused-ring (bicyclic) bond motifs is 1. The Bertz CT molecular complexity index is 1040. The first-order chi connectivity index (χ1) is 14.0. The highest BCUT2D eigenvalue weighted by molar-refractivity contribution is 6.22. The Balaban J connectivity index is 2.06. The summed E-state index contributed by atoms with van der Waals surface area (Å²) >= 11 is 0. The molecule has 2 aromatic rings. The Morgan fingerprint density at radius 2 is 1.59 bits per heavy atom. The molecule has 0 aromatic heterocycles. The maximum atomic E-state index is 12.8. The molecule has 0 aliphatic carbocycles. The SMILES string of the molecule is COC(=O)C1=C(C(=O)OC)C(c2ccccc2)(c2ccc3c(c2)OCO3)OC1=O. The van der Waals surface area contributed by atoms with Crippen molar-refractivity contribution in [2.24, 2.45) is 0 Å². The van der Waals surface area contributed by atoms with E-state index in [0.29, 0.717) is 22.6 Å². The van der Waals surface area contributed by atoms with Gasteiger partial charge in [0.05, 0.1) is 14.2 Å². The van der Waals surface area contributed by atoms with Gasteiger partial charge in [-0.05, 0) is 12.1 Å². The summed E-state index contributed by atoms with van der Waals surface area (Å²) in [4.78, 5) is 37.9. The molecule has 2 aliphatic heterocycles. The molecule has 0 radical (unpaired) electrons. The summed E-state index contributed by atoms with van der Waals surface area (Å²) in [7, 11) is 2.27. The lowest BCUT2D eigenvalue weighted by atomic mass is 9.79. The number of cyclic esters (lactones) is 1. The zero-order chi connectivity index (χ0) is 20.6. The van der Waals surface area contributed by atoms with Crippen LogP contribution in [0.1, 0.15) is 11.1 Å². The van der Waals surface area contributed by atoms with Crippen molar-refractivity contribution in [1.29, 1.82) is 0 Å². The quantitative estimate of drug-likeness (QED) is 0.439. The first-order valence-electron chi connectivity index (χ1n) is 8.63. The van der Waals surface area contributed by atoms with Gasteiger partial charge in [0, 0.05) is 11.1 Å². The molecular weight excluding hydrogens is 380 g/mol. The highest BCUT2D eigenvalue weighted by atomic mass is 16.7. The van der Waals surface area contributed by atoms with Gasteiger partial charge in [-0.1, -0.05) is 36.4 Å². The predicted molar refractivity (Wildman–Crippen MR) is 96.9 cm³/mol. The lowest BCUT2D eigenvalue weighted by Crippen LogP contribution is -2.34. The van der Waals surface area contributed by atoms with Crippen LogP contribution in [0, 0.1) is 0 Å². The molecule has 0 saturated carbocycles. The molecule has 29 heavy (non-hydrogen) atoms. The van der Waals surface area contributed by atoms with Crippen LogP contribution in [-0.2, 0) is 34.2 Å². The smallest absolute Gasteiger partial charge is 0.347 e. The third-order valence-corrected chi connectivity index (χ3v) is 4.79. The number of carbonyl (C=O) groups excluding carboxylic acids is 3. The van der Waals surface area contributed by atoms with Gasteiger partial charge in [-0.2, -0.15) is 0 Å². The number of carbonyl (C=O) groups is 3. The lowest BCUT2D eigenvalue weighted by molar-refractivity contribution is -0.148. The van der Waals surface area contributed by atoms with Crippen molar-refractivity contribution in [2.45, 2.75) is 5.60 Å². The summed E-state index contributed by atoms with van der Waals surface area (Å²) < 4.78 is 26.1. The Morgan fingerprint density at radius 3 is 2.28 bits per heavy atom. The van der Waals surface area contributed by atoms with E-state index in [1.807, 2.05) is 0 Å². The molecule has 0 fully saturated rings. The average molecular weight is 396 g/mol. The van der Waals surface area contributed by atoms with Gasteiger partial charge in [-0.15, -0.1) is 0 Å². The zero-order valence-electron chi connectivity index (χ0n) is 15.6. The van der Waals surface area contributed by atoms with E-state index in [1.165, 1.54) is 0 Å². The molecule has 2 heterocycles. The van der Waals surface area contributed by atoms with Crippen molar-refractivity contribution < 1.29 is 38.1 Å². The van der Waals surface area contributed by atoms with Crippen LogP contribution >= 0.6 is 0 Å². The van der Waals surface area contributed by atoms with Gasteiger partial charge in [0.15, 0.2) is 22.7 Å². The largest absolute Gasteiger partial charge is 0.466 e. The monoisotopic (exact) mass is 396 g/mol. The van der Waals surface area contributed by atoms with Crippen molar-refractivity contribution in [2.75, 3.05) is 21.0 Å². The van der Waals surface area contributed by atoms with E-state index in [2.05, 4.69) is 0 Å². The zero-order valence-corrected chi connectivity index (χ0v) is 15.6. The third kappa shape index (κ3) is 2.72. The number of esters is 3. The van der Waals surface area contributed by atoms with Gasteiger partial charge in [0.25, 0.3) is 0 Å². The molecular formula is C21H16O8. The molecule has 1 unspecified atom stereocenters. The number of rotatable bonds is 4. The Hall–Kier alpha value is -3.81. The summed E-state index contributed by atoms with van der Waals surface area (Å²) in [5.74, 6) is -1.94. The van der Waals surface area contributed by atoms with Crippen molar-refractivity contribution in [3.8, 4) is 11.5 Å². The molecule has 2 aliphatic rings. The Kier molecular flexibility index (Phi) is 4.46. The molecule has 0 saturated heterocycles. The van der Waals surface area contributed by atoms with Gasteiger partial charge in [-0.3, -0.25) is 0 Å². The van der Waals surface area contributed by atoms with Crippen LogP contribution < -0.4 is 9.47 Å². The fourth-order valence-corrected chi connectivity index (χ4v) is 3.52. The normalized spacial score (nSPS) is 19.7. The van der Waals surface area contributed by atoms with Crippen LogP contribution in [0.15, 0.2) is 59.7 Å². The van der Waals surface area contributed by atoms with Crippen LogP contribution in [0.4, 0.5) is 0 Å². The molecule has 8 heteroatoms. The summed E-state index contributed by atoms with van der Waals surface area (Å²) in [6, 6.07) is 13.5. The summed E-state index contributed by atoms with van der Waals surface area (Å²) in [5.41, 5.74) is -1.66. The lowest BCUT2D eigenvalue weighted by Gasteiger charge is -2.31.